The number of nitrogens with zero attached hydrogens (tertiary/aromatic N) is 2. The molecule has 18 heavy (non-hydrogen) atoms. The first-order chi connectivity index (χ1) is 8.63. The van der Waals surface area contributed by atoms with E-state index in [1.165, 1.54) is 0 Å². The van der Waals surface area contributed by atoms with Gasteiger partial charge in [0.05, 0.1) is 28.0 Å². The summed E-state index contributed by atoms with van der Waals surface area (Å²) in [6.07, 6.45) is 0. The monoisotopic (exact) mass is 257 g/mol. The predicted octanol–water partition coefficient (Wildman–Crippen LogP) is 3.56. The number of nitriles is 1. The number of benzene rings is 2. The first-order valence-corrected chi connectivity index (χ1v) is 5.79. The van der Waals surface area contributed by atoms with E-state index in [4.69, 9.17) is 22.6 Å². The van der Waals surface area contributed by atoms with Crippen LogP contribution in [0.5, 0.6) is 0 Å². The summed E-state index contributed by atoms with van der Waals surface area (Å²) in [4.78, 5) is 1.93. The predicted molar refractivity (Wildman–Crippen MR) is 75.1 cm³/mol. The van der Waals surface area contributed by atoms with Crippen molar-refractivity contribution in [1.29, 1.82) is 5.26 Å². The van der Waals surface area contributed by atoms with Gasteiger partial charge in [-0.2, -0.15) is 5.26 Å². The van der Waals surface area contributed by atoms with E-state index in [2.05, 4.69) is 6.07 Å². The number of anilines is 3. The maximum Gasteiger partial charge on any atom is 0.0991 e. The van der Waals surface area contributed by atoms with Crippen LogP contribution >= 0.6 is 11.6 Å². The number of hydrogen-bond donors (Lipinski definition) is 1. The Morgan fingerprint density at radius 3 is 2.44 bits per heavy atom. The molecule has 4 heteroatoms. The van der Waals surface area contributed by atoms with Crippen LogP contribution in [0.2, 0.25) is 5.02 Å². The molecule has 2 aromatic rings. The normalized spacial score (nSPS) is 9.83. The van der Waals surface area contributed by atoms with Crippen molar-refractivity contribution in [3.05, 3.63) is 53.1 Å². The quantitative estimate of drug-likeness (QED) is 0.837. The van der Waals surface area contributed by atoms with Gasteiger partial charge in [0.2, 0.25) is 0 Å². The fraction of sp³-hybridized carbons (Fsp3) is 0.0714. The number of para-hydroxylation sites is 1. The van der Waals surface area contributed by atoms with Gasteiger partial charge in [0.1, 0.15) is 0 Å². The van der Waals surface area contributed by atoms with Crippen LogP contribution < -0.4 is 10.6 Å². The van der Waals surface area contributed by atoms with Crippen molar-refractivity contribution in [1.82, 2.24) is 0 Å². The molecule has 2 aromatic carbocycles. The molecular formula is C14H12ClN3. The molecule has 0 aliphatic rings. The molecule has 0 aliphatic carbocycles. The smallest absolute Gasteiger partial charge is 0.0991 e. The number of hydrogen-bond acceptors (Lipinski definition) is 3. The topological polar surface area (TPSA) is 53.0 Å². The Hall–Kier alpha value is -2.18. The van der Waals surface area contributed by atoms with Crippen LogP contribution in [-0.4, -0.2) is 7.05 Å². The molecule has 0 saturated carbocycles. The summed E-state index contributed by atoms with van der Waals surface area (Å²) in [7, 11) is 1.91. The van der Waals surface area contributed by atoms with E-state index in [0.717, 1.165) is 11.4 Å². The van der Waals surface area contributed by atoms with Gasteiger partial charge in [0.25, 0.3) is 0 Å². The van der Waals surface area contributed by atoms with Gasteiger partial charge < -0.3 is 10.6 Å². The average Bonchev–Trinajstić information content (AvgIpc) is 2.41. The van der Waals surface area contributed by atoms with E-state index in [-0.39, 0.29) is 0 Å². The third-order valence-corrected chi connectivity index (χ3v) is 3.10. The fourth-order valence-electron chi connectivity index (χ4n) is 1.72. The first kappa shape index (κ1) is 12.3. The summed E-state index contributed by atoms with van der Waals surface area (Å²) in [5.41, 5.74) is 8.92. The third-order valence-electron chi connectivity index (χ3n) is 2.77. The molecule has 0 spiro atoms. The molecule has 0 atom stereocenters. The summed E-state index contributed by atoms with van der Waals surface area (Å²) in [5, 5.41) is 9.30. The second-order valence-electron chi connectivity index (χ2n) is 3.89. The molecule has 0 saturated heterocycles. The number of nitrogen functional groups attached to an aromatic ring is 1. The average molecular weight is 258 g/mol. The van der Waals surface area contributed by atoms with Crippen molar-refractivity contribution in [2.45, 2.75) is 0 Å². The highest BCUT2D eigenvalue weighted by atomic mass is 35.5. The Morgan fingerprint density at radius 1 is 1.17 bits per heavy atom. The molecule has 3 nitrogen and oxygen atoms in total. The van der Waals surface area contributed by atoms with E-state index in [1.54, 1.807) is 18.2 Å². The molecule has 0 radical (unpaired) electrons. The van der Waals surface area contributed by atoms with Gasteiger partial charge in [0.15, 0.2) is 0 Å². The van der Waals surface area contributed by atoms with Crippen molar-refractivity contribution in [2.75, 3.05) is 17.7 Å². The minimum absolute atomic E-state index is 0.535. The van der Waals surface area contributed by atoms with Gasteiger partial charge in [-0.05, 0) is 36.4 Å². The highest BCUT2D eigenvalue weighted by Gasteiger charge is 2.09. The largest absolute Gasteiger partial charge is 0.396 e. The fourth-order valence-corrected chi connectivity index (χ4v) is 1.89. The summed E-state index contributed by atoms with van der Waals surface area (Å²) in [6, 6.07) is 14.9. The zero-order valence-electron chi connectivity index (χ0n) is 9.89. The SMILES string of the molecule is CN(c1ccc(C#N)cc1)c1cccc(Cl)c1N. The zero-order chi connectivity index (χ0) is 13.1. The Labute approximate surface area is 111 Å². The van der Waals surface area contributed by atoms with Crippen LogP contribution in [0.4, 0.5) is 17.1 Å². The van der Waals surface area contributed by atoms with Crippen molar-refractivity contribution in [3.63, 3.8) is 0 Å². The molecule has 2 N–H and O–H groups in total. The van der Waals surface area contributed by atoms with Crippen LogP contribution in [0.15, 0.2) is 42.5 Å². The number of rotatable bonds is 2. The molecule has 0 amide bonds. The maximum absolute atomic E-state index is 8.76. The Balaban J connectivity index is 2.38. The number of nitrogens with two attached hydrogens (primary N) is 1. The highest BCUT2D eigenvalue weighted by Crippen LogP contribution is 2.33. The van der Waals surface area contributed by atoms with Gasteiger partial charge in [-0.25, -0.2) is 0 Å². The Morgan fingerprint density at radius 2 is 1.83 bits per heavy atom. The molecule has 2 rings (SSSR count). The van der Waals surface area contributed by atoms with Gasteiger partial charge >= 0.3 is 0 Å². The van der Waals surface area contributed by atoms with Crippen LogP contribution in [0, 0.1) is 11.3 Å². The molecule has 90 valence electrons. The second-order valence-corrected chi connectivity index (χ2v) is 4.30. The lowest BCUT2D eigenvalue weighted by atomic mass is 10.2. The molecule has 0 aromatic heterocycles. The van der Waals surface area contributed by atoms with E-state index >= 15 is 0 Å². The molecule has 0 heterocycles. The highest BCUT2D eigenvalue weighted by molar-refractivity contribution is 6.33. The summed E-state index contributed by atoms with van der Waals surface area (Å²) >= 11 is 6.00. The van der Waals surface area contributed by atoms with Gasteiger partial charge in [-0.3, -0.25) is 0 Å². The summed E-state index contributed by atoms with van der Waals surface area (Å²) < 4.78 is 0. The Bertz CT molecular complexity index is 599. The zero-order valence-corrected chi connectivity index (χ0v) is 10.6. The van der Waals surface area contributed by atoms with Crippen molar-refractivity contribution in [3.8, 4) is 6.07 Å². The van der Waals surface area contributed by atoms with Crippen molar-refractivity contribution in [2.24, 2.45) is 0 Å². The van der Waals surface area contributed by atoms with E-state index < -0.39 is 0 Å². The lowest BCUT2D eigenvalue weighted by molar-refractivity contribution is 1.21. The molecular weight excluding hydrogens is 246 g/mol. The van der Waals surface area contributed by atoms with Gasteiger partial charge in [-0.1, -0.05) is 17.7 Å². The van der Waals surface area contributed by atoms with Crippen LogP contribution in [-0.2, 0) is 0 Å². The van der Waals surface area contributed by atoms with E-state index in [9.17, 15) is 0 Å². The molecule has 0 bridgehead atoms. The summed E-state index contributed by atoms with van der Waals surface area (Å²) in [6.45, 7) is 0. The first-order valence-electron chi connectivity index (χ1n) is 5.41. The van der Waals surface area contributed by atoms with E-state index in [0.29, 0.717) is 16.3 Å². The van der Waals surface area contributed by atoms with Crippen molar-refractivity contribution >= 4 is 28.7 Å². The minimum Gasteiger partial charge on any atom is -0.396 e. The van der Waals surface area contributed by atoms with Crippen LogP contribution in [0.3, 0.4) is 0 Å². The third kappa shape index (κ3) is 2.24. The second kappa shape index (κ2) is 4.99. The lowest BCUT2D eigenvalue weighted by Gasteiger charge is -2.21. The molecule has 0 fully saturated rings. The van der Waals surface area contributed by atoms with Crippen molar-refractivity contribution < 1.29 is 0 Å². The van der Waals surface area contributed by atoms with Crippen LogP contribution in [0.25, 0.3) is 0 Å². The van der Waals surface area contributed by atoms with E-state index in [1.807, 2.05) is 36.2 Å². The summed E-state index contributed by atoms with van der Waals surface area (Å²) in [5.74, 6) is 0. The molecule has 0 aliphatic heterocycles. The molecule has 0 unspecified atom stereocenters. The maximum atomic E-state index is 8.76. The van der Waals surface area contributed by atoms with Gasteiger partial charge in [0, 0.05) is 12.7 Å². The standard InChI is InChI=1S/C14H12ClN3/c1-18(11-7-5-10(9-16)6-8-11)13-4-2-3-12(15)14(13)17/h2-8H,17H2,1H3. The van der Waals surface area contributed by atoms with Gasteiger partial charge in [-0.15, -0.1) is 0 Å². The Kier molecular flexibility index (Phi) is 3.40. The number of halogens is 1. The van der Waals surface area contributed by atoms with Crippen LogP contribution in [0.1, 0.15) is 5.56 Å². The lowest BCUT2D eigenvalue weighted by Crippen LogP contribution is -2.11. The minimum atomic E-state index is 0.535.